The number of nitrogens with one attached hydrogen (secondary N) is 7. The van der Waals surface area contributed by atoms with Gasteiger partial charge < -0.3 is 82.8 Å². The third-order valence-electron chi connectivity index (χ3n) is 16.7. The average molecular weight is 1200 g/mol. The molecule has 0 spiro atoms. The van der Waals surface area contributed by atoms with Crippen LogP contribution in [0.4, 0.5) is 4.39 Å². The third-order valence-corrected chi connectivity index (χ3v) is 16.7. The number of carbonyl (C=O) groups is 9. The van der Waals surface area contributed by atoms with Crippen LogP contribution in [0.25, 0.3) is 22.3 Å². The molecular formula is C58H70FN11O16. The summed E-state index contributed by atoms with van der Waals surface area (Å²) in [5.41, 5.74) is 12.1. The van der Waals surface area contributed by atoms with Crippen LogP contribution in [0.5, 0.6) is 0 Å². The second-order valence-corrected chi connectivity index (χ2v) is 22.4. The second kappa shape index (κ2) is 26.1. The second-order valence-electron chi connectivity index (χ2n) is 22.4. The summed E-state index contributed by atoms with van der Waals surface area (Å²) in [5, 5.41) is 50.4. The van der Waals surface area contributed by atoms with E-state index >= 15 is 4.39 Å². The molecule has 9 rings (SSSR count). The number of aliphatic hydroxyl groups excluding tert-OH is 2. The van der Waals surface area contributed by atoms with Gasteiger partial charge in [0, 0.05) is 42.0 Å². The van der Waals surface area contributed by atoms with Crippen molar-refractivity contribution in [1.29, 1.82) is 0 Å². The lowest BCUT2D eigenvalue weighted by atomic mass is 9.77. The van der Waals surface area contributed by atoms with Gasteiger partial charge in [0.1, 0.15) is 43.5 Å². The minimum absolute atomic E-state index is 0.00317. The molecule has 14 N–H and O–H groups in total. The third kappa shape index (κ3) is 13.4. The van der Waals surface area contributed by atoms with Gasteiger partial charge >= 0.3 is 5.97 Å². The lowest BCUT2D eigenvalue weighted by molar-refractivity contribution is -0.172. The Bertz CT molecular complexity index is 3430. The number of hydrogen-bond donors (Lipinski definition) is 12. The number of pyridine rings is 2. The quantitative estimate of drug-likeness (QED) is 0.0216. The number of nitrogens with zero attached hydrogens (tertiary/aromatic N) is 2. The monoisotopic (exact) mass is 1200 g/mol. The number of cyclic esters (lactones) is 1. The van der Waals surface area contributed by atoms with Crippen LogP contribution in [0, 0.1) is 12.7 Å². The van der Waals surface area contributed by atoms with Crippen molar-refractivity contribution < 1.29 is 77.1 Å². The number of hydrogen-bond acceptors (Lipinski definition) is 18. The van der Waals surface area contributed by atoms with Crippen LogP contribution >= 0.6 is 0 Å². The Kier molecular flexibility index (Phi) is 18.9. The molecule has 460 valence electrons. The van der Waals surface area contributed by atoms with Gasteiger partial charge in [0.15, 0.2) is 5.60 Å². The highest BCUT2D eigenvalue weighted by atomic mass is 19.1. The zero-order valence-corrected chi connectivity index (χ0v) is 47.4. The number of ether oxygens (including phenoxy) is 3. The van der Waals surface area contributed by atoms with E-state index in [1.165, 1.54) is 10.6 Å². The van der Waals surface area contributed by atoms with Crippen LogP contribution in [0.3, 0.4) is 0 Å². The van der Waals surface area contributed by atoms with E-state index in [1.54, 1.807) is 50.2 Å². The minimum Gasteiger partial charge on any atom is -0.458 e. The summed E-state index contributed by atoms with van der Waals surface area (Å²) < 4.78 is 33.8. The lowest BCUT2D eigenvalue weighted by Crippen LogP contribution is -2.53. The number of rotatable bonds is 25. The first-order valence-corrected chi connectivity index (χ1v) is 28.5. The molecular weight excluding hydrogens is 1130 g/mol. The van der Waals surface area contributed by atoms with E-state index in [1.807, 2.05) is 0 Å². The minimum atomic E-state index is -2.06. The molecule has 8 atom stereocenters. The van der Waals surface area contributed by atoms with Crippen molar-refractivity contribution in [3.05, 3.63) is 97.6 Å². The molecule has 0 radical (unpaired) electrons. The number of aromatic nitrogens is 2. The number of aliphatic hydroxyl groups is 3. The van der Waals surface area contributed by atoms with Crippen LogP contribution in [0.1, 0.15) is 110 Å². The van der Waals surface area contributed by atoms with Crippen molar-refractivity contribution in [3.8, 4) is 11.4 Å². The van der Waals surface area contributed by atoms with E-state index in [9.17, 15) is 63.3 Å². The molecule has 1 saturated carbocycles. The summed E-state index contributed by atoms with van der Waals surface area (Å²) in [6, 6.07) is 8.59. The summed E-state index contributed by atoms with van der Waals surface area (Å²) in [6.45, 7) is 0.808. The molecule has 0 unspecified atom stereocenters. The van der Waals surface area contributed by atoms with E-state index in [2.05, 4.69) is 37.2 Å². The van der Waals surface area contributed by atoms with Crippen molar-refractivity contribution in [3.63, 3.8) is 0 Å². The van der Waals surface area contributed by atoms with Gasteiger partial charge in [-0.1, -0.05) is 37.3 Å². The SMILES string of the molecule is CC[C@@]1(O)C(=O)OCc2c1cc1n(c2=O)Cc2c-1nc1cc(F)c(C)c3c1c2[C@@H](NC(=O)CC1(OCNC(=O)CNC(=O)[C@H](Cc2ccccc2)NC(=O)CNC(=O)CNC(=O)[C@@H](N)CCC(=O)NC[C@H]2O[C@@H](CC(N)=O)[C@H](O)[C@@H]2O)CCC1)CC3. The highest BCUT2D eigenvalue weighted by Crippen LogP contribution is 2.46. The number of carbonyl (C=O) groups excluding carboxylic acids is 9. The Morgan fingerprint density at radius 1 is 0.872 bits per heavy atom. The van der Waals surface area contributed by atoms with Gasteiger partial charge in [-0.2, -0.15) is 0 Å². The highest BCUT2D eigenvalue weighted by molar-refractivity contribution is 5.95. The van der Waals surface area contributed by atoms with Gasteiger partial charge in [-0.05, 0) is 80.2 Å². The normalized spacial score (nSPS) is 21.9. The maximum atomic E-state index is 15.5. The molecule has 2 aromatic carbocycles. The maximum Gasteiger partial charge on any atom is 0.343 e. The Balaban J connectivity index is 0.737. The number of esters is 1. The first-order valence-electron chi connectivity index (χ1n) is 28.5. The van der Waals surface area contributed by atoms with Crippen LogP contribution in [-0.4, -0.2) is 153 Å². The summed E-state index contributed by atoms with van der Waals surface area (Å²) in [7, 11) is 0. The summed E-state index contributed by atoms with van der Waals surface area (Å²) >= 11 is 0. The Hall–Kier alpha value is -8.28. The van der Waals surface area contributed by atoms with E-state index in [4.69, 9.17) is 30.7 Å². The van der Waals surface area contributed by atoms with Gasteiger partial charge in [0.05, 0.1) is 85.3 Å². The number of nitrogens with two attached hydrogens (primary N) is 2. The Labute approximate surface area is 491 Å². The molecule has 4 aromatic rings. The van der Waals surface area contributed by atoms with Crippen molar-refractivity contribution >= 4 is 64.1 Å². The Morgan fingerprint density at radius 3 is 2.27 bits per heavy atom. The molecule has 8 amide bonds. The number of benzene rings is 2. The fourth-order valence-electron chi connectivity index (χ4n) is 11.7. The molecule has 86 heavy (non-hydrogen) atoms. The van der Waals surface area contributed by atoms with Gasteiger partial charge in [-0.15, -0.1) is 0 Å². The molecule has 0 bridgehead atoms. The molecule has 3 aliphatic heterocycles. The number of primary amides is 1. The molecule has 1 saturated heterocycles. The molecule has 28 heteroatoms. The molecule has 2 aromatic heterocycles. The van der Waals surface area contributed by atoms with E-state index in [0.29, 0.717) is 70.2 Å². The molecule has 5 heterocycles. The smallest absolute Gasteiger partial charge is 0.343 e. The van der Waals surface area contributed by atoms with Crippen molar-refractivity contribution in [1.82, 2.24) is 46.8 Å². The number of aryl methyl sites for hydroxylation is 1. The lowest BCUT2D eigenvalue weighted by Gasteiger charge is -2.41. The van der Waals surface area contributed by atoms with Gasteiger partial charge in [0.25, 0.3) is 5.56 Å². The number of halogens is 1. The van der Waals surface area contributed by atoms with Crippen molar-refractivity contribution in [2.24, 2.45) is 11.5 Å². The summed E-state index contributed by atoms with van der Waals surface area (Å²) in [6.07, 6.45) is -3.07. The van der Waals surface area contributed by atoms with Crippen LogP contribution in [0.15, 0.2) is 47.3 Å². The molecule has 2 fully saturated rings. The summed E-state index contributed by atoms with van der Waals surface area (Å²) in [4.78, 5) is 135. The number of fused-ring (bicyclic) bond motifs is 5. The van der Waals surface area contributed by atoms with Gasteiger partial charge in [-0.25, -0.2) is 14.2 Å². The van der Waals surface area contributed by atoms with Crippen LogP contribution < -0.4 is 54.2 Å². The van der Waals surface area contributed by atoms with Gasteiger partial charge in [0.2, 0.25) is 47.3 Å². The topological polar surface area (TPSA) is 413 Å². The molecule has 27 nitrogen and oxygen atoms in total. The van der Waals surface area contributed by atoms with Crippen LogP contribution in [0.2, 0.25) is 0 Å². The fourth-order valence-corrected chi connectivity index (χ4v) is 11.7. The van der Waals surface area contributed by atoms with Crippen molar-refractivity contribution in [2.75, 3.05) is 32.9 Å². The largest absolute Gasteiger partial charge is 0.458 e. The van der Waals surface area contributed by atoms with E-state index < -0.39 is 132 Å². The standard InChI is InChI=1S/C58H70FN11O16/c1-3-58(83)33-17-39-50-31(25-70(39)55(81)32(33)26-84-56(58)82)49-36(12-10-30-28(2)34(59)18-37(69-50)48(30)49)67-44(73)20-57(14-7-15-57)85-27-66-46(75)23-65-54(80)38(16-29-8-5-4-6-9-29)68-47(76)24-63-45(74)22-64-53(79)35(60)11-13-43(72)62-21-41-52(78)51(77)40(86-41)19-42(61)71/h4-6,8-9,17-18,35-36,38,40-41,51-52,77-78,83H,3,7,10-16,19-27,60H2,1-2H3,(H2,61,71)(H,62,72)(H,63,74)(H,64,79)(H,65,80)(H,66,75)(H,67,73)(H,68,76)/t35-,36-,38-,40-,41+,51-,52+,58-/m0/s1. The first kappa shape index (κ1) is 62.3. The first-order chi connectivity index (χ1) is 41.0. The zero-order chi connectivity index (χ0) is 61.8. The fraction of sp³-hybridized carbons (Fsp3) is 0.500. The highest BCUT2D eigenvalue weighted by Gasteiger charge is 2.47. The average Bonchev–Trinajstić information content (AvgIpc) is 1.81. The van der Waals surface area contributed by atoms with E-state index in [-0.39, 0.29) is 82.0 Å². The predicted molar refractivity (Wildman–Crippen MR) is 300 cm³/mol. The van der Waals surface area contributed by atoms with Crippen LogP contribution in [-0.2, 0) is 89.0 Å². The predicted octanol–water partition coefficient (Wildman–Crippen LogP) is -2.30. The van der Waals surface area contributed by atoms with E-state index in [0.717, 1.165) is 12.0 Å². The summed E-state index contributed by atoms with van der Waals surface area (Å²) in [5.74, 6) is -6.68. The Morgan fingerprint density at radius 2 is 1.57 bits per heavy atom. The maximum absolute atomic E-state index is 15.5. The van der Waals surface area contributed by atoms with Gasteiger partial charge in [-0.3, -0.25) is 43.2 Å². The molecule has 5 aliphatic rings. The van der Waals surface area contributed by atoms with Crippen molar-refractivity contribution in [2.45, 2.75) is 151 Å². The zero-order valence-electron chi connectivity index (χ0n) is 47.4. The number of amides is 8. The molecule has 2 aliphatic carbocycles.